The highest BCUT2D eigenvalue weighted by molar-refractivity contribution is 9.10. The lowest BCUT2D eigenvalue weighted by Crippen LogP contribution is -2.23. The minimum Gasteiger partial charge on any atom is -0.493 e. The van der Waals surface area contributed by atoms with Gasteiger partial charge >= 0.3 is 0 Å². The van der Waals surface area contributed by atoms with Crippen molar-refractivity contribution in [3.8, 4) is 5.75 Å². The zero-order valence-corrected chi connectivity index (χ0v) is 15.1. The van der Waals surface area contributed by atoms with E-state index >= 15 is 0 Å². The summed E-state index contributed by atoms with van der Waals surface area (Å²) in [5.41, 5.74) is 7.09. The van der Waals surface area contributed by atoms with Crippen molar-refractivity contribution in [2.24, 2.45) is 0 Å². The third-order valence-corrected chi connectivity index (χ3v) is 4.39. The van der Waals surface area contributed by atoms with Gasteiger partial charge in [0.25, 0.3) is 5.91 Å². The third-order valence-electron chi connectivity index (χ3n) is 3.70. The number of anilines is 1. The number of nitrogens with two attached hydrogens (primary N) is 1. The first-order valence-corrected chi connectivity index (χ1v) is 8.23. The van der Waals surface area contributed by atoms with E-state index in [1.165, 1.54) is 6.20 Å². The lowest BCUT2D eigenvalue weighted by atomic mass is 10.1. The fourth-order valence-electron chi connectivity index (χ4n) is 2.35. The summed E-state index contributed by atoms with van der Waals surface area (Å²) in [6.07, 6.45) is 1.51. The highest BCUT2D eigenvalue weighted by Gasteiger charge is 2.14. The Morgan fingerprint density at radius 2 is 2.20 bits per heavy atom. The number of nitrogens with one attached hydrogen (secondary N) is 1. The van der Waals surface area contributed by atoms with Gasteiger partial charge in [-0.15, -0.1) is 0 Å². The number of hydrogen-bond donors (Lipinski definition) is 2. The Bertz CT molecular complexity index is 948. The lowest BCUT2D eigenvalue weighted by Gasteiger charge is -2.06. The number of aromatic nitrogens is 1. The van der Waals surface area contributed by atoms with E-state index in [0.29, 0.717) is 34.0 Å². The fourth-order valence-corrected chi connectivity index (χ4v) is 2.78. The number of pyridine rings is 1. The number of nitrogens with zero attached hydrogens (tertiary/aromatic N) is 1. The molecule has 0 aliphatic rings. The highest BCUT2D eigenvalue weighted by atomic mass is 79.9. The molecule has 25 heavy (non-hydrogen) atoms. The standard InChI is InChI=1S/C18H16BrN3O3/c1-10(11-3-6-16(20)21-8-11)18(23)22-9-12-7-13-14(19)4-5-15(24-2)17(13)25-12/h3-8H,1,9H2,2H3,(H2,20,21)(H,22,23). The number of amides is 1. The number of carbonyl (C=O) groups is 1. The Morgan fingerprint density at radius 3 is 2.88 bits per heavy atom. The van der Waals surface area contributed by atoms with Crippen LogP contribution in [0.5, 0.6) is 5.75 Å². The number of hydrogen-bond acceptors (Lipinski definition) is 5. The monoisotopic (exact) mass is 401 g/mol. The van der Waals surface area contributed by atoms with Crippen LogP contribution in [0, 0.1) is 0 Å². The lowest BCUT2D eigenvalue weighted by molar-refractivity contribution is -0.115. The Morgan fingerprint density at radius 1 is 1.40 bits per heavy atom. The maximum Gasteiger partial charge on any atom is 0.251 e. The van der Waals surface area contributed by atoms with E-state index in [2.05, 4.69) is 32.8 Å². The summed E-state index contributed by atoms with van der Waals surface area (Å²) in [4.78, 5) is 16.2. The van der Waals surface area contributed by atoms with Crippen LogP contribution in [0.25, 0.3) is 16.5 Å². The van der Waals surface area contributed by atoms with Gasteiger partial charge in [-0.3, -0.25) is 4.79 Å². The summed E-state index contributed by atoms with van der Waals surface area (Å²) in [6.45, 7) is 4.03. The van der Waals surface area contributed by atoms with Crippen LogP contribution in [0.4, 0.5) is 5.82 Å². The van der Waals surface area contributed by atoms with Crippen LogP contribution in [0.3, 0.4) is 0 Å². The third kappa shape index (κ3) is 3.51. The minimum absolute atomic E-state index is 0.227. The van der Waals surface area contributed by atoms with Gasteiger partial charge in [0.2, 0.25) is 0 Å². The maximum atomic E-state index is 12.3. The number of fused-ring (bicyclic) bond motifs is 1. The smallest absolute Gasteiger partial charge is 0.251 e. The van der Waals surface area contributed by atoms with Gasteiger partial charge in [0.05, 0.1) is 13.7 Å². The number of halogens is 1. The Kier molecular flexibility index (Phi) is 4.76. The molecule has 2 aromatic heterocycles. The molecule has 6 nitrogen and oxygen atoms in total. The van der Waals surface area contributed by atoms with E-state index in [1.807, 2.05) is 18.2 Å². The van der Waals surface area contributed by atoms with Crippen molar-refractivity contribution in [1.82, 2.24) is 10.3 Å². The molecule has 0 spiro atoms. The first kappa shape index (κ1) is 17.0. The van der Waals surface area contributed by atoms with E-state index < -0.39 is 0 Å². The predicted octanol–water partition coefficient (Wildman–Crippen LogP) is 3.51. The van der Waals surface area contributed by atoms with Crippen LogP contribution in [-0.2, 0) is 11.3 Å². The van der Waals surface area contributed by atoms with E-state index in [9.17, 15) is 4.79 Å². The predicted molar refractivity (Wildman–Crippen MR) is 100.0 cm³/mol. The summed E-state index contributed by atoms with van der Waals surface area (Å²) in [6, 6.07) is 8.88. The molecule has 0 aliphatic carbocycles. The summed E-state index contributed by atoms with van der Waals surface area (Å²) >= 11 is 3.48. The molecule has 1 aromatic carbocycles. The van der Waals surface area contributed by atoms with Crippen LogP contribution in [0.1, 0.15) is 11.3 Å². The molecule has 2 heterocycles. The molecular formula is C18H16BrN3O3. The SMILES string of the molecule is C=C(C(=O)NCc1cc2c(Br)ccc(OC)c2o1)c1ccc(N)nc1. The number of methoxy groups -OCH3 is 1. The Hall–Kier alpha value is -2.80. The second-order valence-electron chi connectivity index (χ2n) is 5.34. The fraction of sp³-hybridized carbons (Fsp3) is 0.111. The molecule has 0 atom stereocenters. The summed E-state index contributed by atoms with van der Waals surface area (Å²) in [5, 5.41) is 3.66. The molecule has 1 amide bonds. The first-order chi connectivity index (χ1) is 12.0. The second kappa shape index (κ2) is 6.98. The largest absolute Gasteiger partial charge is 0.493 e. The van der Waals surface area contributed by atoms with Gasteiger partial charge in [-0.05, 0) is 30.3 Å². The normalized spacial score (nSPS) is 10.6. The van der Waals surface area contributed by atoms with Crippen molar-refractivity contribution in [2.45, 2.75) is 6.54 Å². The molecule has 0 saturated heterocycles. The minimum atomic E-state index is -0.307. The summed E-state index contributed by atoms with van der Waals surface area (Å²) in [5.74, 6) is 1.32. The number of furan rings is 1. The van der Waals surface area contributed by atoms with Crippen LogP contribution in [0.15, 0.2) is 52.0 Å². The number of rotatable bonds is 5. The maximum absolute atomic E-state index is 12.3. The Labute approximate surface area is 152 Å². The van der Waals surface area contributed by atoms with Crippen molar-refractivity contribution in [1.29, 1.82) is 0 Å². The number of benzene rings is 1. The molecule has 3 rings (SSSR count). The van der Waals surface area contributed by atoms with Crippen molar-refractivity contribution in [3.63, 3.8) is 0 Å². The molecule has 0 unspecified atom stereocenters. The molecular weight excluding hydrogens is 386 g/mol. The van der Waals surface area contributed by atoms with E-state index in [4.69, 9.17) is 14.9 Å². The molecule has 7 heteroatoms. The van der Waals surface area contributed by atoms with Gasteiger partial charge in [0, 0.05) is 27.2 Å². The van der Waals surface area contributed by atoms with E-state index in [1.54, 1.807) is 19.2 Å². The topological polar surface area (TPSA) is 90.4 Å². The number of ether oxygens (including phenoxy) is 1. The van der Waals surface area contributed by atoms with Gasteiger partial charge in [-0.2, -0.15) is 0 Å². The molecule has 3 aromatic rings. The van der Waals surface area contributed by atoms with Crippen molar-refractivity contribution in [3.05, 3.63) is 58.9 Å². The van der Waals surface area contributed by atoms with E-state index in [0.717, 1.165) is 9.86 Å². The van der Waals surface area contributed by atoms with Gasteiger partial charge in [-0.25, -0.2) is 4.98 Å². The first-order valence-electron chi connectivity index (χ1n) is 7.43. The van der Waals surface area contributed by atoms with Gasteiger partial charge in [0.15, 0.2) is 11.3 Å². The molecule has 0 aliphatic heterocycles. The zero-order chi connectivity index (χ0) is 18.0. The second-order valence-corrected chi connectivity index (χ2v) is 6.19. The molecule has 3 N–H and O–H groups in total. The number of nitrogen functional groups attached to an aromatic ring is 1. The van der Waals surface area contributed by atoms with Crippen molar-refractivity contribution in [2.75, 3.05) is 12.8 Å². The molecule has 0 fully saturated rings. The molecule has 0 saturated carbocycles. The molecule has 0 bridgehead atoms. The van der Waals surface area contributed by atoms with E-state index in [-0.39, 0.29) is 12.5 Å². The highest BCUT2D eigenvalue weighted by Crippen LogP contribution is 2.34. The quantitative estimate of drug-likeness (QED) is 0.638. The van der Waals surface area contributed by atoms with Crippen molar-refractivity contribution < 1.29 is 13.9 Å². The van der Waals surface area contributed by atoms with Crippen LogP contribution in [-0.4, -0.2) is 18.0 Å². The van der Waals surface area contributed by atoms with Gasteiger partial charge in [0.1, 0.15) is 11.6 Å². The average Bonchev–Trinajstić information content (AvgIpc) is 3.05. The van der Waals surface area contributed by atoms with Gasteiger partial charge < -0.3 is 20.2 Å². The molecule has 128 valence electrons. The van der Waals surface area contributed by atoms with Crippen LogP contribution >= 0.6 is 15.9 Å². The van der Waals surface area contributed by atoms with Crippen LogP contribution in [0.2, 0.25) is 0 Å². The molecule has 0 radical (unpaired) electrons. The summed E-state index contributed by atoms with van der Waals surface area (Å²) < 4.78 is 12.0. The van der Waals surface area contributed by atoms with Gasteiger partial charge in [-0.1, -0.05) is 22.5 Å². The summed E-state index contributed by atoms with van der Waals surface area (Å²) in [7, 11) is 1.58. The zero-order valence-electron chi connectivity index (χ0n) is 13.5. The van der Waals surface area contributed by atoms with Crippen LogP contribution < -0.4 is 15.8 Å². The number of carbonyl (C=O) groups excluding carboxylic acids is 1. The Balaban J connectivity index is 1.74. The average molecular weight is 402 g/mol. The van der Waals surface area contributed by atoms with Crippen molar-refractivity contribution >= 4 is 44.2 Å².